The summed E-state index contributed by atoms with van der Waals surface area (Å²) in [6.45, 7) is 5.79. The summed E-state index contributed by atoms with van der Waals surface area (Å²) in [7, 11) is -1.76. The lowest BCUT2D eigenvalue weighted by Crippen LogP contribution is -2.35. The van der Waals surface area contributed by atoms with E-state index in [0.29, 0.717) is 23.6 Å². The standard InChI is InChI=1S/C12H22N2O3S2/c1-8(7-18-5)14-19(15,16)12-10(3)17-9(2)11(12)6-13-4/h8,13-14H,6-7H2,1-5H3. The minimum absolute atomic E-state index is 0.114. The highest BCUT2D eigenvalue weighted by Gasteiger charge is 2.27. The molecule has 0 aromatic carbocycles. The van der Waals surface area contributed by atoms with Gasteiger partial charge in [-0.2, -0.15) is 11.8 Å². The highest BCUT2D eigenvalue weighted by Crippen LogP contribution is 2.26. The molecule has 0 fully saturated rings. The van der Waals surface area contributed by atoms with Gasteiger partial charge in [0, 0.05) is 23.9 Å². The lowest BCUT2D eigenvalue weighted by molar-refractivity contribution is 0.493. The zero-order chi connectivity index (χ0) is 14.6. The van der Waals surface area contributed by atoms with Gasteiger partial charge in [0.15, 0.2) is 0 Å². The van der Waals surface area contributed by atoms with E-state index in [4.69, 9.17) is 4.42 Å². The summed E-state index contributed by atoms with van der Waals surface area (Å²) in [6, 6.07) is -0.114. The van der Waals surface area contributed by atoms with Gasteiger partial charge in [-0.15, -0.1) is 0 Å². The Hall–Kier alpha value is -0.500. The maximum absolute atomic E-state index is 12.4. The smallest absolute Gasteiger partial charge is 0.244 e. The van der Waals surface area contributed by atoms with Crippen LogP contribution in [0.2, 0.25) is 0 Å². The van der Waals surface area contributed by atoms with Crippen molar-refractivity contribution in [1.82, 2.24) is 10.0 Å². The summed E-state index contributed by atoms with van der Waals surface area (Å²) in [5, 5.41) is 2.97. The predicted octanol–water partition coefficient (Wildman–Crippen LogP) is 1.65. The third-order valence-electron chi connectivity index (χ3n) is 2.72. The van der Waals surface area contributed by atoms with E-state index >= 15 is 0 Å². The second kappa shape index (κ2) is 6.78. The molecule has 0 amide bonds. The van der Waals surface area contributed by atoms with Crippen molar-refractivity contribution < 1.29 is 12.8 Å². The van der Waals surface area contributed by atoms with Gasteiger partial charge in [0.05, 0.1) is 0 Å². The van der Waals surface area contributed by atoms with E-state index in [2.05, 4.69) is 10.0 Å². The lowest BCUT2D eigenvalue weighted by atomic mass is 10.2. The molecule has 0 spiro atoms. The van der Waals surface area contributed by atoms with Crippen LogP contribution in [0.25, 0.3) is 0 Å². The molecule has 0 aliphatic carbocycles. The molecule has 1 atom stereocenters. The highest BCUT2D eigenvalue weighted by atomic mass is 32.2. The number of nitrogens with one attached hydrogen (secondary N) is 2. The van der Waals surface area contributed by atoms with Crippen molar-refractivity contribution >= 4 is 21.8 Å². The van der Waals surface area contributed by atoms with Crippen LogP contribution >= 0.6 is 11.8 Å². The average Bonchev–Trinajstić information content (AvgIpc) is 2.54. The van der Waals surface area contributed by atoms with Gasteiger partial charge in [0.25, 0.3) is 0 Å². The molecular formula is C12H22N2O3S2. The third-order valence-corrected chi connectivity index (χ3v) is 5.34. The van der Waals surface area contributed by atoms with Crippen LogP contribution in [0.15, 0.2) is 9.31 Å². The maximum Gasteiger partial charge on any atom is 0.244 e. The van der Waals surface area contributed by atoms with Crippen LogP contribution in [0.5, 0.6) is 0 Å². The molecule has 110 valence electrons. The van der Waals surface area contributed by atoms with Crippen LogP contribution in [-0.4, -0.2) is 33.5 Å². The molecule has 2 N–H and O–H groups in total. The maximum atomic E-state index is 12.4. The molecule has 0 radical (unpaired) electrons. The molecule has 1 rings (SSSR count). The van der Waals surface area contributed by atoms with Crippen molar-refractivity contribution in [1.29, 1.82) is 0 Å². The molecule has 0 bridgehead atoms. The van der Waals surface area contributed by atoms with E-state index in [1.807, 2.05) is 13.2 Å². The summed E-state index contributed by atoms with van der Waals surface area (Å²) < 4.78 is 33.0. The number of sulfonamides is 1. The van der Waals surface area contributed by atoms with Crippen molar-refractivity contribution in [2.75, 3.05) is 19.1 Å². The first-order valence-electron chi connectivity index (χ1n) is 6.08. The summed E-state index contributed by atoms with van der Waals surface area (Å²) >= 11 is 1.61. The SMILES string of the molecule is CNCc1c(C)oc(C)c1S(=O)(=O)NC(C)CSC. The molecule has 0 saturated heterocycles. The van der Waals surface area contributed by atoms with E-state index < -0.39 is 10.0 Å². The van der Waals surface area contributed by atoms with Gasteiger partial charge in [-0.25, -0.2) is 13.1 Å². The second-order valence-corrected chi connectivity index (χ2v) is 7.09. The van der Waals surface area contributed by atoms with Gasteiger partial charge < -0.3 is 9.73 Å². The Morgan fingerprint density at radius 3 is 2.47 bits per heavy atom. The fourth-order valence-electron chi connectivity index (χ4n) is 2.05. The molecule has 0 aliphatic heterocycles. The number of furan rings is 1. The number of rotatable bonds is 7. The van der Waals surface area contributed by atoms with Crippen molar-refractivity contribution in [3.05, 3.63) is 17.1 Å². The third kappa shape index (κ3) is 3.98. The van der Waals surface area contributed by atoms with E-state index in [1.165, 1.54) is 0 Å². The first-order chi connectivity index (χ1) is 8.83. The Bertz CT molecular complexity index is 523. The highest BCUT2D eigenvalue weighted by molar-refractivity contribution is 7.98. The minimum Gasteiger partial charge on any atom is -0.465 e. The normalized spacial score (nSPS) is 13.7. The Kier molecular flexibility index (Phi) is 5.91. The van der Waals surface area contributed by atoms with E-state index in [1.54, 1.807) is 32.7 Å². The zero-order valence-electron chi connectivity index (χ0n) is 12.0. The number of aryl methyl sites for hydroxylation is 2. The number of hydrogen-bond acceptors (Lipinski definition) is 5. The zero-order valence-corrected chi connectivity index (χ0v) is 13.7. The van der Waals surface area contributed by atoms with Crippen LogP contribution in [0.1, 0.15) is 24.0 Å². The van der Waals surface area contributed by atoms with Gasteiger partial charge in [-0.3, -0.25) is 0 Å². The molecule has 0 saturated carbocycles. The monoisotopic (exact) mass is 306 g/mol. The molecule has 0 aliphatic rings. The minimum atomic E-state index is -3.54. The average molecular weight is 306 g/mol. The largest absolute Gasteiger partial charge is 0.465 e. The first kappa shape index (κ1) is 16.6. The van der Waals surface area contributed by atoms with Crippen molar-refractivity contribution in [2.24, 2.45) is 0 Å². The molecule has 1 aromatic rings. The topological polar surface area (TPSA) is 71.3 Å². The van der Waals surface area contributed by atoms with Crippen LogP contribution in [0.4, 0.5) is 0 Å². The molecule has 5 nitrogen and oxygen atoms in total. The van der Waals surface area contributed by atoms with Gasteiger partial charge in [0.2, 0.25) is 10.0 Å². The van der Waals surface area contributed by atoms with Crippen molar-refractivity contribution in [2.45, 2.75) is 38.3 Å². The summed E-state index contributed by atoms with van der Waals surface area (Å²) in [5.41, 5.74) is 0.698. The fourth-order valence-corrected chi connectivity index (χ4v) is 4.43. The van der Waals surface area contributed by atoms with Crippen LogP contribution < -0.4 is 10.0 Å². The summed E-state index contributed by atoms with van der Waals surface area (Å²) in [6.07, 6.45) is 1.95. The fraction of sp³-hybridized carbons (Fsp3) is 0.667. The van der Waals surface area contributed by atoms with Crippen LogP contribution in [0, 0.1) is 13.8 Å². The van der Waals surface area contributed by atoms with E-state index in [0.717, 1.165) is 5.75 Å². The molecule has 1 heterocycles. The quantitative estimate of drug-likeness (QED) is 0.801. The molecule has 7 heteroatoms. The lowest BCUT2D eigenvalue weighted by Gasteiger charge is -2.13. The number of hydrogen-bond donors (Lipinski definition) is 2. The molecule has 1 unspecified atom stereocenters. The van der Waals surface area contributed by atoms with E-state index in [9.17, 15) is 8.42 Å². The molecule has 19 heavy (non-hydrogen) atoms. The number of thioether (sulfide) groups is 1. The second-order valence-electron chi connectivity index (χ2n) is 4.53. The predicted molar refractivity (Wildman–Crippen MR) is 79.1 cm³/mol. The molecular weight excluding hydrogens is 284 g/mol. The van der Waals surface area contributed by atoms with Crippen LogP contribution in [-0.2, 0) is 16.6 Å². The van der Waals surface area contributed by atoms with Crippen molar-refractivity contribution in [3.8, 4) is 0 Å². The summed E-state index contributed by atoms with van der Waals surface area (Å²) in [4.78, 5) is 0.271. The Morgan fingerprint density at radius 1 is 1.32 bits per heavy atom. The molecule has 1 aromatic heterocycles. The first-order valence-corrected chi connectivity index (χ1v) is 8.96. The summed E-state index contributed by atoms with van der Waals surface area (Å²) in [5.74, 6) is 1.81. The van der Waals surface area contributed by atoms with Gasteiger partial charge in [-0.1, -0.05) is 0 Å². The Morgan fingerprint density at radius 2 is 1.95 bits per heavy atom. The van der Waals surface area contributed by atoms with Crippen molar-refractivity contribution in [3.63, 3.8) is 0 Å². The van der Waals surface area contributed by atoms with Crippen LogP contribution in [0.3, 0.4) is 0 Å². The van der Waals surface area contributed by atoms with Gasteiger partial charge >= 0.3 is 0 Å². The Labute approximate surface area is 119 Å². The van der Waals surface area contributed by atoms with E-state index in [-0.39, 0.29) is 10.9 Å². The Balaban J connectivity index is 3.13. The van der Waals surface area contributed by atoms with Gasteiger partial charge in [-0.05, 0) is 34.1 Å². The van der Waals surface area contributed by atoms with Gasteiger partial charge in [0.1, 0.15) is 16.4 Å².